The third kappa shape index (κ3) is 4.26. The van der Waals surface area contributed by atoms with Gasteiger partial charge in [0.15, 0.2) is 0 Å². The first-order chi connectivity index (χ1) is 11.0. The molecule has 1 saturated carbocycles. The summed E-state index contributed by atoms with van der Waals surface area (Å²) in [5.74, 6) is -0.927. The SMILES string of the molecule is O=C(CC1(NC(=O)c2ccc([N+](=O)[O-])cc2)CCCCC1)NO. The van der Waals surface area contributed by atoms with Gasteiger partial charge in [0.1, 0.15) is 0 Å². The predicted octanol–water partition coefficient (Wildman–Crippen LogP) is 1.92. The summed E-state index contributed by atoms with van der Waals surface area (Å²) in [5, 5.41) is 22.3. The van der Waals surface area contributed by atoms with Gasteiger partial charge in [-0.3, -0.25) is 24.9 Å². The molecule has 0 atom stereocenters. The van der Waals surface area contributed by atoms with Gasteiger partial charge in [0.25, 0.3) is 11.6 Å². The molecule has 1 aliphatic carbocycles. The second-order valence-corrected chi connectivity index (χ2v) is 5.81. The van der Waals surface area contributed by atoms with Crippen LogP contribution < -0.4 is 10.8 Å². The van der Waals surface area contributed by atoms with E-state index in [0.717, 1.165) is 19.3 Å². The van der Waals surface area contributed by atoms with Crippen LogP contribution in [0.15, 0.2) is 24.3 Å². The average molecular weight is 321 g/mol. The number of carbonyl (C=O) groups excluding carboxylic acids is 2. The summed E-state index contributed by atoms with van der Waals surface area (Å²) in [7, 11) is 0. The molecule has 8 heteroatoms. The minimum absolute atomic E-state index is 0.00220. The van der Waals surface area contributed by atoms with Crippen molar-refractivity contribution in [3.05, 3.63) is 39.9 Å². The summed E-state index contributed by atoms with van der Waals surface area (Å²) in [6.45, 7) is 0. The van der Waals surface area contributed by atoms with Gasteiger partial charge >= 0.3 is 0 Å². The van der Waals surface area contributed by atoms with Crippen molar-refractivity contribution >= 4 is 17.5 Å². The fraction of sp³-hybridized carbons (Fsp3) is 0.467. The Kier molecular flexibility index (Phi) is 5.28. The number of carbonyl (C=O) groups is 2. The molecule has 2 rings (SSSR count). The summed E-state index contributed by atoms with van der Waals surface area (Å²) in [4.78, 5) is 34.0. The molecule has 0 heterocycles. The number of hydrogen-bond acceptors (Lipinski definition) is 5. The lowest BCUT2D eigenvalue weighted by molar-refractivity contribution is -0.384. The van der Waals surface area contributed by atoms with Crippen molar-refractivity contribution in [3.63, 3.8) is 0 Å². The molecule has 0 aliphatic heterocycles. The van der Waals surface area contributed by atoms with Gasteiger partial charge in [-0.2, -0.15) is 0 Å². The zero-order valence-electron chi connectivity index (χ0n) is 12.6. The van der Waals surface area contributed by atoms with Crippen molar-refractivity contribution in [1.82, 2.24) is 10.8 Å². The lowest BCUT2D eigenvalue weighted by atomic mass is 9.79. The Morgan fingerprint density at radius 3 is 2.30 bits per heavy atom. The fourth-order valence-corrected chi connectivity index (χ4v) is 2.97. The molecular formula is C15H19N3O5. The number of nitrogens with one attached hydrogen (secondary N) is 2. The van der Waals surface area contributed by atoms with Crippen LogP contribution in [0.5, 0.6) is 0 Å². The average Bonchev–Trinajstić information content (AvgIpc) is 2.55. The number of hydroxylamine groups is 1. The smallest absolute Gasteiger partial charge is 0.269 e. The number of nitrogens with zero attached hydrogens (tertiary/aromatic N) is 1. The Balaban J connectivity index is 2.13. The number of hydrogen-bond donors (Lipinski definition) is 3. The van der Waals surface area contributed by atoms with E-state index in [1.165, 1.54) is 24.3 Å². The molecule has 0 unspecified atom stereocenters. The molecule has 0 aromatic heterocycles. The first-order valence-corrected chi connectivity index (χ1v) is 7.46. The van der Waals surface area contributed by atoms with Gasteiger partial charge < -0.3 is 5.32 Å². The van der Waals surface area contributed by atoms with Gasteiger partial charge in [-0.25, -0.2) is 5.48 Å². The van der Waals surface area contributed by atoms with E-state index in [-0.39, 0.29) is 18.0 Å². The molecule has 0 saturated heterocycles. The number of nitro benzene ring substituents is 1. The molecule has 1 aliphatic rings. The minimum Gasteiger partial charge on any atom is -0.346 e. The zero-order valence-corrected chi connectivity index (χ0v) is 12.6. The Morgan fingerprint density at radius 1 is 1.17 bits per heavy atom. The van der Waals surface area contributed by atoms with Crippen molar-refractivity contribution < 1.29 is 19.7 Å². The van der Waals surface area contributed by atoms with Crippen LogP contribution in [0, 0.1) is 10.1 Å². The van der Waals surface area contributed by atoms with E-state index in [2.05, 4.69) is 5.32 Å². The number of rotatable bonds is 5. The summed E-state index contributed by atoms with van der Waals surface area (Å²) in [6, 6.07) is 5.30. The van der Waals surface area contributed by atoms with Crippen molar-refractivity contribution in [1.29, 1.82) is 0 Å². The standard InChI is InChI=1S/C15H19N3O5/c19-13(17-21)10-15(8-2-1-3-9-15)16-14(20)11-4-6-12(7-5-11)18(22)23/h4-7,21H,1-3,8-10H2,(H,16,20)(H,17,19). The molecule has 3 N–H and O–H groups in total. The van der Waals surface area contributed by atoms with Crippen LogP contribution in [0.2, 0.25) is 0 Å². The van der Waals surface area contributed by atoms with E-state index in [0.29, 0.717) is 18.4 Å². The van der Waals surface area contributed by atoms with E-state index >= 15 is 0 Å². The number of nitro groups is 1. The second kappa shape index (κ2) is 7.19. The van der Waals surface area contributed by atoms with E-state index in [1.54, 1.807) is 5.48 Å². The minimum atomic E-state index is -0.691. The fourth-order valence-electron chi connectivity index (χ4n) is 2.97. The third-order valence-corrected chi connectivity index (χ3v) is 4.15. The molecule has 0 radical (unpaired) electrons. The number of non-ortho nitro benzene ring substituents is 1. The lowest BCUT2D eigenvalue weighted by Gasteiger charge is -2.37. The highest BCUT2D eigenvalue weighted by atomic mass is 16.6. The quantitative estimate of drug-likeness (QED) is 0.434. The molecule has 1 aromatic rings. The van der Waals surface area contributed by atoms with Crippen LogP contribution in [0.3, 0.4) is 0 Å². The third-order valence-electron chi connectivity index (χ3n) is 4.15. The summed E-state index contributed by atoms with van der Waals surface area (Å²) in [5.41, 5.74) is 1.12. The topological polar surface area (TPSA) is 122 Å². The highest BCUT2D eigenvalue weighted by Crippen LogP contribution is 2.31. The Hall–Kier alpha value is -2.48. The Morgan fingerprint density at radius 2 is 1.78 bits per heavy atom. The zero-order chi connectivity index (χ0) is 16.9. The van der Waals surface area contributed by atoms with Crippen LogP contribution in [-0.4, -0.2) is 27.5 Å². The molecule has 0 spiro atoms. The van der Waals surface area contributed by atoms with E-state index in [4.69, 9.17) is 5.21 Å². The molecule has 0 bridgehead atoms. The maximum atomic E-state index is 12.4. The Labute approximate surface area is 133 Å². The molecule has 1 aromatic carbocycles. The van der Waals surface area contributed by atoms with E-state index in [1.807, 2.05) is 0 Å². The first-order valence-electron chi connectivity index (χ1n) is 7.46. The van der Waals surface area contributed by atoms with Gasteiger partial charge in [0, 0.05) is 23.2 Å². The van der Waals surface area contributed by atoms with Gasteiger partial charge in [0.2, 0.25) is 5.91 Å². The maximum Gasteiger partial charge on any atom is 0.269 e. The van der Waals surface area contributed by atoms with Crippen LogP contribution in [0.1, 0.15) is 48.9 Å². The van der Waals surface area contributed by atoms with Crippen molar-refractivity contribution in [2.45, 2.75) is 44.1 Å². The molecule has 2 amide bonds. The van der Waals surface area contributed by atoms with Crippen LogP contribution >= 0.6 is 0 Å². The molecule has 124 valence electrons. The largest absolute Gasteiger partial charge is 0.346 e. The van der Waals surface area contributed by atoms with Gasteiger partial charge in [-0.1, -0.05) is 19.3 Å². The second-order valence-electron chi connectivity index (χ2n) is 5.81. The highest BCUT2D eigenvalue weighted by molar-refractivity contribution is 5.95. The summed E-state index contributed by atoms with van der Waals surface area (Å²) < 4.78 is 0. The van der Waals surface area contributed by atoms with Crippen LogP contribution in [-0.2, 0) is 4.79 Å². The molecule has 8 nitrogen and oxygen atoms in total. The number of benzene rings is 1. The molecular weight excluding hydrogens is 302 g/mol. The van der Waals surface area contributed by atoms with Crippen molar-refractivity contribution in [3.8, 4) is 0 Å². The Bertz CT molecular complexity index is 594. The molecule has 1 fully saturated rings. The van der Waals surface area contributed by atoms with E-state index < -0.39 is 16.4 Å². The molecule has 23 heavy (non-hydrogen) atoms. The monoisotopic (exact) mass is 321 g/mol. The van der Waals surface area contributed by atoms with Crippen molar-refractivity contribution in [2.24, 2.45) is 0 Å². The first kappa shape index (κ1) is 16.9. The van der Waals surface area contributed by atoms with Crippen LogP contribution in [0.4, 0.5) is 5.69 Å². The van der Waals surface area contributed by atoms with Gasteiger partial charge in [-0.05, 0) is 25.0 Å². The number of amides is 2. The van der Waals surface area contributed by atoms with Gasteiger partial charge in [0.05, 0.1) is 11.3 Å². The maximum absolute atomic E-state index is 12.4. The normalized spacial score (nSPS) is 16.4. The van der Waals surface area contributed by atoms with Crippen molar-refractivity contribution in [2.75, 3.05) is 0 Å². The van der Waals surface area contributed by atoms with Gasteiger partial charge in [-0.15, -0.1) is 0 Å². The highest BCUT2D eigenvalue weighted by Gasteiger charge is 2.36. The summed E-state index contributed by atoms with van der Waals surface area (Å²) >= 11 is 0. The van der Waals surface area contributed by atoms with E-state index in [9.17, 15) is 19.7 Å². The lowest BCUT2D eigenvalue weighted by Crippen LogP contribution is -2.52. The summed E-state index contributed by atoms with van der Waals surface area (Å²) in [6.07, 6.45) is 4.12. The van der Waals surface area contributed by atoms with Crippen LogP contribution in [0.25, 0.3) is 0 Å². The predicted molar refractivity (Wildman–Crippen MR) is 80.9 cm³/mol.